The van der Waals surface area contributed by atoms with Crippen molar-refractivity contribution in [3.05, 3.63) is 65.6 Å². The summed E-state index contributed by atoms with van der Waals surface area (Å²) < 4.78 is 13.4. The average Bonchev–Trinajstić information content (AvgIpc) is 3.02. The van der Waals surface area contributed by atoms with Crippen molar-refractivity contribution in [2.24, 2.45) is 5.73 Å². The lowest BCUT2D eigenvalue weighted by Crippen LogP contribution is -2.15. The number of rotatable bonds is 6. The van der Waals surface area contributed by atoms with Gasteiger partial charge in [-0.3, -0.25) is 0 Å². The minimum Gasteiger partial charge on any atom is -0.404 e. The lowest BCUT2D eigenvalue weighted by Gasteiger charge is -2.15. The molecule has 0 bridgehead atoms. The van der Waals surface area contributed by atoms with Crippen molar-refractivity contribution in [1.29, 1.82) is 5.41 Å². The van der Waals surface area contributed by atoms with E-state index < -0.39 is 6.04 Å². The first-order chi connectivity index (χ1) is 12.1. The molecular formula is C18H18FN5O. The molecule has 0 aliphatic rings. The number of aromatic amines is 1. The Morgan fingerprint density at radius 2 is 2.20 bits per heavy atom. The zero-order chi connectivity index (χ0) is 17.8. The van der Waals surface area contributed by atoms with E-state index in [9.17, 15) is 9.50 Å². The predicted octanol–water partition coefficient (Wildman–Crippen LogP) is 2.80. The summed E-state index contributed by atoms with van der Waals surface area (Å²) in [5, 5.41) is 20.1. The van der Waals surface area contributed by atoms with Gasteiger partial charge < -0.3 is 26.6 Å². The highest BCUT2D eigenvalue weighted by molar-refractivity contribution is 6.09. The van der Waals surface area contributed by atoms with Gasteiger partial charge in [-0.1, -0.05) is 18.2 Å². The molecule has 0 amide bonds. The molecule has 7 heteroatoms. The van der Waals surface area contributed by atoms with Crippen LogP contribution in [0.5, 0.6) is 0 Å². The summed E-state index contributed by atoms with van der Waals surface area (Å²) in [6, 6.07) is 11.0. The van der Waals surface area contributed by atoms with Gasteiger partial charge in [0.25, 0.3) is 0 Å². The van der Waals surface area contributed by atoms with Crippen LogP contribution >= 0.6 is 0 Å². The number of halogens is 1. The Morgan fingerprint density at radius 1 is 1.36 bits per heavy atom. The van der Waals surface area contributed by atoms with Crippen molar-refractivity contribution >= 4 is 28.8 Å². The Morgan fingerprint density at radius 3 is 2.88 bits per heavy atom. The van der Waals surface area contributed by atoms with E-state index in [2.05, 4.69) is 15.3 Å². The SMILES string of the molecule is N=C/C(=C\N)c1ccc2nc(NC(CO)c3cccc(F)c3)[nH]c2c1. The van der Waals surface area contributed by atoms with E-state index in [1.807, 2.05) is 18.2 Å². The van der Waals surface area contributed by atoms with Crippen molar-refractivity contribution in [3.63, 3.8) is 0 Å². The van der Waals surface area contributed by atoms with Gasteiger partial charge in [-0.05, 0) is 35.4 Å². The number of hydrogen-bond acceptors (Lipinski definition) is 5. The number of H-pyrrole nitrogens is 1. The van der Waals surface area contributed by atoms with Gasteiger partial charge in [0.15, 0.2) is 0 Å². The molecule has 0 spiro atoms. The number of anilines is 1. The van der Waals surface area contributed by atoms with Crippen molar-refractivity contribution in [2.45, 2.75) is 6.04 Å². The van der Waals surface area contributed by atoms with E-state index in [1.165, 1.54) is 24.5 Å². The molecule has 2 aromatic carbocycles. The second kappa shape index (κ2) is 7.14. The fourth-order valence-corrected chi connectivity index (χ4v) is 2.61. The molecule has 3 aromatic rings. The van der Waals surface area contributed by atoms with Crippen LogP contribution in [0.15, 0.2) is 48.7 Å². The fourth-order valence-electron chi connectivity index (χ4n) is 2.61. The molecule has 3 rings (SSSR count). The lowest BCUT2D eigenvalue weighted by molar-refractivity contribution is 0.275. The van der Waals surface area contributed by atoms with Crippen LogP contribution in [0, 0.1) is 11.2 Å². The Balaban J connectivity index is 1.89. The number of nitrogens with zero attached hydrogens (tertiary/aromatic N) is 1. The number of aliphatic hydroxyl groups is 1. The number of aromatic nitrogens is 2. The minimum atomic E-state index is -0.489. The van der Waals surface area contributed by atoms with Crippen LogP contribution in [0.2, 0.25) is 0 Å². The zero-order valence-corrected chi connectivity index (χ0v) is 13.3. The van der Waals surface area contributed by atoms with Gasteiger partial charge in [0, 0.05) is 18.0 Å². The fraction of sp³-hybridized carbons (Fsp3) is 0.111. The molecule has 0 saturated heterocycles. The number of benzene rings is 2. The molecule has 6 nitrogen and oxygen atoms in total. The van der Waals surface area contributed by atoms with Gasteiger partial charge in [0.05, 0.1) is 23.7 Å². The summed E-state index contributed by atoms with van der Waals surface area (Å²) in [4.78, 5) is 7.54. The van der Waals surface area contributed by atoms with Gasteiger partial charge in [-0.25, -0.2) is 9.37 Å². The predicted molar refractivity (Wildman–Crippen MR) is 96.9 cm³/mol. The summed E-state index contributed by atoms with van der Waals surface area (Å²) >= 11 is 0. The highest BCUT2D eigenvalue weighted by atomic mass is 19.1. The Labute approximate surface area is 143 Å². The summed E-state index contributed by atoms with van der Waals surface area (Å²) in [5.74, 6) is 0.100. The van der Waals surface area contributed by atoms with Crippen LogP contribution in [0.4, 0.5) is 10.3 Å². The van der Waals surface area contributed by atoms with Gasteiger partial charge in [0.1, 0.15) is 5.82 Å². The molecule has 1 aromatic heterocycles. The molecule has 0 fully saturated rings. The summed E-state index contributed by atoms with van der Waals surface area (Å²) in [6.07, 6.45) is 2.55. The molecule has 0 radical (unpaired) electrons. The first kappa shape index (κ1) is 16.7. The highest BCUT2D eigenvalue weighted by Gasteiger charge is 2.13. The molecule has 25 heavy (non-hydrogen) atoms. The lowest BCUT2D eigenvalue weighted by atomic mass is 10.1. The van der Waals surface area contributed by atoms with Crippen LogP contribution in [0.3, 0.4) is 0 Å². The Bertz CT molecular complexity index is 934. The average molecular weight is 339 g/mol. The van der Waals surface area contributed by atoms with E-state index >= 15 is 0 Å². The first-order valence-corrected chi connectivity index (χ1v) is 7.70. The standard InChI is InChI=1S/C18H18FN5O/c19-14-3-1-2-12(6-14)17(10-25)24-18-22-15-5-4-11(7-16(15)23-18)13(8-20)9-21/h1-9,17,20,25H,10,21H2,(H2,22,23,24)/b13-9+,20-8?. The monoisotopic (exact) mass is 339 g/mol. The molecule has 0 saturated carbocycles. The quantitative estimate of drug-likeness (QED) is 0.445. The molecule has 128 valence electrons. The number of aliphatic hydroxyl groups excluding tert-OH is 1. The summed E-state index contributed by atoms with van der Waals surface area (Å²) in [5.41, 5.74) is 9.02. The summed E-state index contributed by atoms with van der Waals surface area (Å²) in [6.45, 7) is -0.209. The second-order valence-electron chi connectivity index (χ2n) is 5.52. The third-order valence-corrected chi connectivity index (χ3v) is 3.89. The largest absolute Gasteiger partial charge is 0.404 e. The van der Waals surface area contributed by atoms with Gasteiger partial charge >= 0.3 is 0 Å². The van der Waals surface area contributed by atoms with E-state index in [0.29, 0.717) is 17.1 Å². The van der Waals surface area contributed by atoms with Crippen LogP contribution < -0.4 is 11.1 Å². The molecule has 0 aliphatic heterocycles. The Kier molecular flexibility index (Phi) is 4.76. The zero-order valence-electron chi connectivity index (χ0n) is 13.3. The third-order valence-electron chi connectivity index (χ3n) is 3.89. The smallest absolute Gasteiger partial charge is 0.201 e. The maximum absolute atomic E-state index is 13.4. The number of nitrogens with one attached hydrogen (secondary N) is 3. The van der Waals surface area contributed by atoms with Crippen molar-refractivity contribution in [2.75, 3.05) is 11.9 Å². The maximum Gasteiger partial charge on any atom is 0.201 e. The highest BCUT2D eigenvalue weighted by Crippen LogP contribution is 2.23. The van der Waals surface area contributed by atoms with Crippen LogP contribution in [-0.4, -0.2) is 27.9 Å². The van der Waals surface area contributed by atoms with Gasteiger partial charge in [-0.15, -0.1) is 0 Å². The molecule has 1 unspecified atom stereocenters. The number of fused-ring (bicyclic) bond motifs is 1. The van der Waals surface area contributed by atoms with Gasteiger partial charge in [0.2, 0.25) is 5.95 Å². The molecule has 1 atom stereocenters. The van der Waals surface area contributed by atoms with Crippen molar-refractivity contribution in [1.82, 2.24) is 9.97 Å². The van der Waals surface area contributed by atoms with Crippen LogP contribution in [0.25, 0.3) is 16.6 Å². The molecular weight excluding hydrogens is 321 g/mol. The molecule has 6 N–H and O–H groups in total. The molecule has 0 aliphatic carbocycles. The number of nitrogens with two attached hydrogens (primary N) is 1. The Hall–Kier alpha value is -3.19. The van der Waals surface area contributed by atoms with E-state index in [-0.39, 0.29) is 12.4 Å². The summed E-state index contributed by atoms with van der Waals surface area (Å²) in [7, 11) is 0. The number of allylic oxidation sites excluding steroid dienone is 1. The molecule has 1 heterocycles. The topological polar surface area (TPSA) is 111 Å². The third kappa shape index (κ3) is 3.51. The maximum atomic E-state index is 13.4. The van der Waals surface area contributed by atoms with Crippen molar-refractivity contribution in [3.8, 4) is 0 Å². The van der Waals surface area contributed by atoms with Gasteiger partial charge in [-0.2, -0.15) is 0 Å². The minimum absolute atomic E-state index is 0.209. The van der Waals surface area contributed by atoms with Crippen LogP contribution in [0.1, 0.15) is 17.2 Å². The van der Waals surface area contributed by atoms with Crippen LogP contribution in [-0.2, 0) is 0 Å². The van der Waals surface area contributed by atoms with E-state index in [1.54, 1.807) is 12.1 Å². The number of hydrogen-bond donors (Lipinski definition) is 5. The first-order valence-electron chi connectivity index (χ1n) is 7.70. The van der Waals surface area contributed by atoms with E-state index in [0.717, 1.165) is 16.6 Å². The number of imidazole rings is 1. The van der Waals surface area contributed by atoms with Crippen molar-refractivity contribution < 1.29 is 9.50 Å². The van der Waals surface area contributed by atoms with E-state index in [4.69, 9.17) is 11.1 Å². The second-order valence-corrected chi connectivity index (χ2v) is 5.52. The normalized spacial score (nSPS) is 13.0.